The zero-order chi connectivity index (χ0) is 49.5. The predicted octanol–water partition coefficient (Wildman–Crippen LogP) is 9.62. The number of anilines is 1. The molecule has 0 bridgehead atoms. The summed E-state index contributed by atoms with van der Waals surface area (Å²) in [5.74, 6) is -2.58. The van der Waals surface area contributed by atoms with Gasteiger partial charge in [0.15, 0.2) is 10.8 Å². The topological polar surface area (TPSA) is 163 Å². The van der Waals surface area contributed by atoms with Gasteiger partial charge in [-0.1, -0.05) is 187 Å². The Morgan fingerprint density at radius 1 is 0.681 bits per heavy atom. The molecule has 3 aliphatic heterocycles. The number of thiazole rings is 1. The van der Waals surface area contributed by atoms with Crippen LogP contribution >= 0.6 is 23.1 Å². The second kappa shape index (κ2) is 21.1. The predicted molar refractivity (Wildman–Crippen MR) is 278 cm³/mol. The monoisotopic (exact) mass is 994 g/mol. The van der Waals surface area contributed by atoms with E-state index >= 15 is 4.79 Å². The number of benzene rings is 6. The van der Waals surface area contributed by atoms with Crippen LogP contribution in [-0.2, 0) is 35.1 Å². The Bertz CT molecular complexity index is 2910. The van der Waals surface area contributed by atoms with Crippen molar-refractivity contribution in [3.8, 4) is 0 Å². The lowest BCUT2D eigenvalue weighted by Crippen LogP contribution is -2.71. The van der Waals surface area contributed by atoms with Crippen LogP contribution in [0, 0.1) is 0 Å². The van der Waals surface area contributed by atoms with Crippen LogP contribution in [-0.4, -0.2) is 86.3 Å². The van der Waals surface area contributed by atoms with Crippen molar-refractivity contribution < 1.29 is 33.9 Å². The number of nitrogens with one attached hydrogen (secondary N) is 2. The molecule has 3 aliphatic rings. The van der Waals surface area contributed by atoms with Gasteiger partial charge in [0, 0.05) is 46.5 Å². The molecule has 2 saturated heterocycles. The molecule has 0 spiro atoms. The van der Waals surface area contributed by atoms with Crippen molar-refractivity contribution >= 4 is 57.8 Å². The first-order valence-electron chi connectivity index (χ1n) is 23.7. The van der Waals surface area contributed by atoms with E-state index in [4.69, 9.17) is 19.7 Å². The third-order valence-electron chi connectivity index (χ3n) is 13.2. The Morgan fingerprint density at radius 2 is 1.15 bits per heavy atom. The summed E-state index contributed by atoms with van der Waals surface area (Å²) in [6, 6.07) is 57.9. The first-order valence-corrected chi connectivity index (χ1v) is 25.7. The minimum Gasteiger partial charge on any atom is -0.477 e. The third kappa shape index (κ3) is 9.24. The summed E-state index contributed by atoms with van der Waals surface area (Å²) in [4.78, 5) is 69.7. The van der Waals surface area contributed by atoms with Crippen LogP contribution in [0.15, 0.2) is 204 Å². The van der Waals surface area contributed by atoms with E-state index in [2.05, 4.69) is 47.0 Å². The van der Waals surface area contributed by atoms with Gasteiger partial charge in [0.1, 0.15) is 35.0 Å². The minimum absolute atomic E-state index is 0.153. The van der Waals surface area contributed by atoms with Gasteiger partial charge < -0.3 is 30.2 Å². The van der Waals surface area contributed by atoms with Crippen LogP contribution in [0.3, 0.4) is 0 Å². The second-order valence-corrected chi connectivity index (χ2v) is 19.5. The Hall–Kier alpha value is -8.01. The van der Waals surface area contributed by atoms with Crippen LogP contribution in [0.4, 0.5) is 9.93 Å². The van der Waals surface area contributed by atoms with E-state index in [1.54, 1.807) is 10.3 Å². The third-order valence-corrected chi connectivity index (χ3v) is 15.3. The zero-order valence-corrected chi connectivity index (χ0v) is 40.6. The van der Waals surface area contributed by atoms with Gasteiger partial charge in [0.2, 0.25) is 5.60 Å². The Balaban J connectivity index is 1.03. The van der Waals surface area contributed by atoms with Crippen molar-refractivity contribution in [3.05, 3.63) is 238 Å². The van der Waals surface area contributed by atoms with Gasteiger partial charge >= 0.3 is 12.1 Å². The Kier molecular flexibility index (Phi) is 14.0. The molecule has 6 aromatic carbocycles. The molecule has 15 heteroatoms. The first-order chi connectivity index (χ1) is 35.3. The van der Waals surface area contributed by atoms with E-state index < -0.39 is 46.4 Å². The average molecular weight is 995 g/mol. The largest absolute Gasteiger partial charge is 0.477 e. The van der Waals surface area contributed by atoms with E-state index in [9.17, 15) is 19.5 Å². The van der Waals surface area contributed by atoms with Crippen molar-refractivity contribution in [1.29, 1.82) is 0 Å². The quantitative estimate of drug-likeness (QED) is 0.0368. The van der Waals surface area contributed by atoms with Crippen molar-refractivity contribution in [1.82, 2.24) is 20.1 Å². The lowest BCUT2D eigenvalue weighted by Gasteiger charge is -2.49. The number of aliphatic carboxylic acids is 1. The number of likely N-dealkylation sites (tertiary alicyclic amines) is 1. The van der Waals surface area contributed by atoms with E-state index in [1.165, 1.54) is 23.1 Å². The van der Waals surface area contributed by atoms with Gasteiger partial charge in [-0.05, 0) is 36.0 Å². The van der Waals surface area contributed by atoms with Gasteiger partial charge in [0.25, 0.3) is 11.8 Å². The van der Waals surface area contributed by atoms with Crippen LogP contribution in [0.25, 0.3) is 0 Å². The molecule has 0 aliphatic carbocycles. The molecular formula is C57H50N6O7S2. The second-order valence-electron chi connectivity index (χ2n) is 17.5. The molecule has 72 heavy (non-hydrogen) atoms. The van der Waals surface area contributed by atoms with Crippen LogP contribution in [0.1, 0.15) is 58.3 Å². The number of fused-ring (bicyclic) bond motifs is 1. The molecule has 3 N–H and O–H groups in total. The Morgan fingerprint density at radius 3 is 1.62 bits per heavy atom. The number of piperidine rings is 1. The van der Waals surface area contributed by atoms with Crippen molar-refractivity contribution in [2.24, 2.45) is 5.16 Å². The van der Waals surface area contributed by atoms with Gasteiger partial charge in [-0.2, -0.15) is 0 Å². The van der Waals surface area contributed by atoms with E-state index in [0.717, 1.165) is 57.5 Å². The Labute approximate surface area is 425 Å². The van der Waals surface area contributed by atoms with E-state index in [-0.39, 0.29) is 29.5 Å². The summed E-state index contributed by atoms with van der Waals surface area (Å²) in [5, 5.41) is 23.3. The SMILES string of the molecule is O=C(O)C1=C(COC(=O)N2CCCCC2)CS[C@H]2C(NC(=O)C(=NOC(c3ccccc3)(c3ccccc3)c3ccccc3)c3csc(NC(c4ccccc4)(c4ccccc4)c4ccccc4)n3)C(=O)N12. The number of thioether (sulfide) groups is 1. The highest BCUT2D eigenvalue weighted by atomic mass is 32.2. The normalized spacial score (nSPS) is 17.1. The molecule has 10 rings (SSSR count). The maximum Gasteiger partial charge on any atom is 0.410 e. The number of carbonyl (C=O) groups excluding carboxylic acids is 3. The van der Waals surface area contributed by atoms with E-state index in [1.807, 2.05) is 146 Å². The lowest BCUT2D eigenvalue weighted by atomic mass is 9.77. The van der Waals surface area contributed by atoms with Crippen LogP contribution in [0.2, 0.25) is 0 Å². The number of oxime groups is 1. The van der Waals surface area contributed by atoms with Crippen LogP contribution in [0.5, 0.6) is 0 Å². The number of carbonyl (C=O) groups is 4. The number of hydrogen-bond acceptors (Lipinski definition) is 11. The number of hydrogen-bond donors (Lipinski definition) is 3. The molecule has 13 nitrogen and oxygen atoms in total. The fourth-order valence-electron chi connectivity index (χ4n) is 9.70. The molecule has 0 radical (unpaired) electrons. The summed E-state index contributed by atoms with van der Waals surface area (Å²) in [6.45, 7) is 0.865. The summed E-state index contributed by atoms with van der Waals surface area (Å²) >= 11 is 2.55. The molecule has 2 fully saturated rings. The summed E-state index contributed by atoms with van der Waals surface area (Å²) in [6.07, 6.45) is 2.25. The number of amides is 3. The maximum absolute atomic E-state index is 15.1. The van der Waals surface area contributed by atoms with Gasteiger partial charge in [-0.3, -0.25) is 14.5 Å². The molecule has 362 valence electrons. The van der Waals surface area contributed by atoms with Crippen molar-refractivity contribution in [3.63, 3.8) is 0 Å². The molecule has 0 saturated carbocycles. The first kappa shape index (κ1) is 47.7. The number of carboxylic acids is 1. The van der Waals surface area contributed by atoms with Gasteiger partial charge in [0.05, 0.1) is 0 Å². The van der Waals surface area contributed by atoms with Gasteiger partial charge in [-0.25, -0.2) is 14.6 Å². The van der Waals surface area contributed by atoms with E-state index in [0.29, 0.717) is 23.8 Å². The number of rotatable bonds is 16. The molecular weight excluding hydrogens is 945 g/mol. The molecule has 1 unspecified atom stereocenters. The fourth-order valence-corrected chi connectivity index (χ4v) is 11.8. The minimum atomic E-state index is -1.38. The smallest absolute Gasteiger partial charge is 0.410 e. The number of carboxylic acid groups (broad SMARTS) is 1. The highest BCUT2D eigenvalue weighted by molar-refractivity contribution is 8.00. The number of ether oxygens (including phenoxy) is 1. The standard InChI is InChI=1S/C57H50N6O7S2/c64-50(59-48-51(65)63-49(53(66)67)39(37-71-52(48)63)36-69-55(68)62-34-20-7-21-35-62)47(61-70-57(43-28-14-4-15-29-43,44-30-16-5-17-31-44)45-32-18-6-19-33-45)46-38-72-54(58-46)60-56(40-22-8-1-9-23-40,41-24-10-2-11-25-41)42-26-12-3-13-27-42/h1-6,8-19,22-33,38,48,52H,7,20-21,34-37H2,(H,58,60)(H,59,64)(H,66,67)/t48?,52-/m0/s1. The molecule has 3 amide bonds. The molecule has 7 aromatic rings. The molecule has 2 atom stereocenters. The fraction of sp³-hybridized carbons (Fsp3) is 0.193. The summed E-state index contributed by atoms with van der Waals surface area (Å²) in [7, 11) is 0. The zero-order valence-electron chi connectivity index (χ0n) is 39.0. The average Bonchev–Trinajstić information content (AvgIpc) is 3.91. The highest BCUT2D eigenvalue weighted by Gasteiger charge is 2.55. The number of aromatic nitrogens is 1. The maximum atomic E-state index is 15.1. The lowest BCUT2D eigenvalue weighted by molar-refractivity contribution is -0.150. The van der Waals surface area contributed by atoms with Crippen LogP contribution < -0.4 is 10.6 Å². The molecule has 1 aromatic heterocycles. The van der Waals surface area contributed by atoms with Gasteiger partial charge in [-0.15, -0.1) is 23.1 Å². The van der Waals surface area contributed by atoms with Crippen molar-refractivity contribution in [2.45, 2.75) is 41.8 Å². The van der Waals surface area contributed by atoms with Crippen molar-refractivity contribution in [2.75, 3.05) is 30.8 Å². The molecule has 4 heterocycles. The highest BCUT2D eigenvalue weighted by Crippen LogP contribution is 2.44. The summed E-state index contributed by atoms with van der Waals surface area (Å²) < 4.78 is 5.58. The number of β-lactam (4-membered cyclic amide) rings is 1. The number of nitrogens with zero attached hydrogens (tertiary/aromatic N) is 4. The summed E-state index contributed by atoms with van der Waals surface area (Å²) in [5.41, 5.74) is 2.70.